The van der Waals surface area contributed by atoms with Gasteiger partial charge in [0.2, 0.25) is 0 Å². The molecule has 1 rings (SSSR count). The molecule has 29 heavy (non-hydrogen) atoms. The minimum Gasteiger partial charge on any atom is -0.497 e. The Morgan fingerprint density at radius 2 is 1.38 bits per heavy atom. The summed E-state index contributed by atoms with van der Waals surface area (Å²) >= 11 is 0. The molecule has 1 aromatic carbocycles. The van der Waals surface area contributed by atoms with Crippen molar-refractivity contribution >= 4 is 11.4 Å². The van der Waals surface area contributed by atoms with E-state index >= 15 is 0 Å². The summed E-state index contributed by atoms with van der Waals surface area (Å²) in [5, 5.41) is 32.0. The van der Waals surface area contributed by atoms with E-state index in [1.54, 1.807) is 7.11 Å². The Labute approximate surface area is 175 Å². The molecule has 0 amide bonds. The van der Waals surface area contributed by atoms with Crippen LogP contribution in [0.1, 0.15) is 53.5 Å². The Bertz CT molecular complexity index is 648. The van der Waals surface area contributed by atoms with Gasteiger partial charge in [0.05, 0.1) is 29.6 Å². The molecule has 0 heterocycles. The Balaban J connectivity index is 2.80. The van der Waals surface area contributed by atoms with Crippen LogP contribution in [-0.4, -0.2) is 53.1 Å². The zero-order chi connectivity index (χ0) is 22.1. The van der Waals surface area contributed by atoms with Gasteiger partial charge in [0.25, 0.3) is 0 Å². The fourth-order valence-electron chi connectivity index (χ4n) is 2.74. The highest BCUT2D eigenvalue weighted by Crippen LogP contribution is 2.16. The van der Waals surface area contributed by atoms with Crippen LogP contribution in [0.5, 0.6) is 5.75 Å². The molecule has 0 aliphatic rings. The van der Waals surface area contributed by atoms with Crippen LogP contribution in [0.15, 0.2) is 34.6 Å². The lowest BCUT2D eigenvalue weighted by atomic mass is 9.93. The minimum atomic E-state index is -0.398. The Kier molecular flexibility index (Phi) is 9.59. The second kappa shape index (κ2) is 11.2. The maximum Gasteiger partial charge on any atom is 0.118 e. The Morgan fingerprint density at radius 1 is 0.931 bits per heavy atom. The number of aryl methyl sites for hydroxylation is 1. The van der Waals surface area contributed by atoms with E-state index < -0.39 is 11.1 Å². The number of methoxy groups -OCH3 is 1. The molecule has 0 atom stereocenters. The van der Waals surface area contributed by atoms with Crippen molar-refractivity contribution in [3.8, 4) is 5.75 Å². The van der Waals surface area contributed by atoms with Gasteiger partial charge in [-0.1, -0.05) is 22.4 Å². The summed E-state index contributed by atoms with van der Waals surface area (Å²) in [6, 6.07) is 8.15. The second-order valence-corrected chi connectivity index (χ2v) is 8.64. The van der Waals surface area contributed by atoms with E-state index in [2.05, 4.69) is 33.1 Å². The molecule has 0 bridgehead atoms. The fourth-order valence-corrected chi connectivity index (χ4v) is 2.74. The van der Waals surface area contributed by atoms with Gasteiger partial charge in [0, 0.05) is 13.1 Å². The molecule has 4 N–H and O–H groups in total. The molecule has 1 aromatic rings. The molecule has 0 unspecified atom stereocenters. The number of nitrogens with zero attached hydrogens (tertiary/aromatic N) is 2. The number of nitrogens with one attached hydrogen (secondary N) is 2. The fraction of sp³-hybridized carbons (Fsp3) is 0.636. The molecule has 0 saturated heterocycles. The Morgan fingerprint density at radius 3 is 1.76 bits per heavy atom. The van der Waals surface area contributed by atoms with Crippen molar-refractivity contribution in [3.05, 3.63) is 29.8 Å². The van der Waals surface area contributed by atoms with Crippen molar-refractivity contribution < 1.29 is 15.2 Å². The molecule has 0 aliphatic carbocycles. The van der Waals surface area contributed by atoms with Crippen molar-refractivity contribution in [3.63, 3.8) is 0 Å². The van der Waals surface area contributed by atoms with E-state index in [-0.39, 0.29) is 0 Å². The number of rotatable bonds is 12. The first-order chi connectivity index (χ1) is 13.6. The molecule has 7 nitrogen and oxygen atoms in total. The number of ether oxygens (including phenoxy) is 1. The smallest absolute Gasteiger partial charge is 0.118 e. The van der Waals surface area contributed by atoms with Gasteiger partial charge >= 0.3 is 0 Å². The molecule has 7 heteroatoms. The number of hydrogen-bond donors (Lipinski definition) is 4. The van der Waals surface area contributed by atoms with Gasteiger partial charge in [0.1, 0.15) is 5.75 Å². The van der Waals surface area contributed by atoms with Crippen LogP contribution in [0.2, 0.25) is 0 Å². The van der Waals surface area contributed by atoms with Gasteiger partial charge < -0.3 is 25.8 Å². The zero-order valence-corrected chi connectivity index (χ0v) is 18.9. The summed E-state index contributed by atoms with van der Waals surface area (Å²) in [4.78, 5) is 0. The van der Waals surface area contributed by atoms with E-state index in [1.807, 2.05) is 53.7 Å². The van der Waals surface area contributed by atoms with E-state index in [9.17, 15) is 0 Å². The molecule has 0 aromatic heterocycles. The van der Waals surface area contributed by atoms with Gasteiger partial charge in [-0.25, -0.2) is 0 Å². The van der Waals surface area contributed by atoms with Crippen LogP contribution < -0.4 is 15.4 Å². The molecule has 0 spiro atoms. The third-order valence-electron chi connectivity index (χ3n) is 5.77. The van der Waals surface area contributed by atoms with E-state index in [0.29, 0.717) is 17.3 Å². The summed E-state index contributed by atoms with van der Waals surface area (Å²) in [5.74, 6) is 1.18. The van der Waals surface area contributed by atoms with E-state index in [1.165, 1.54) is 5.56 Å². The Hall–Kier alpha value is -2.12. The average molecular weight is 407 g/mol. The van der Waals surface area contributed by atoms with Gasteiger partial charge in [-0.15, -0.1) is 0 Å². The number of oxime groups is 2. The SMILES string of the molecule is COc1ccc(CCC(CNC(C)(C)/C(C)=N/O)CNC(C)(C)/C(C)=N/O)cc1. The van der Waals surface area contributed by atoms with Crippen molar-refractivity contribution in [2.75, 3.05) is 20.2 Å². The lowest BCUT2D eigenvalue weighted by Crippen LogP contribution is -2.51. The van der Waals surface area contributed by atoms with Crippen LogP contribution in [0, 0.1) is 5.92 Å². The number of benzene rings is 1. The third-order valence-corrected chi connectivity index (χ3v) is 5.77. The van der Waals surface area contributed by atoms with Crippen LogP contribution in [-0.2, 0) is 6.42 Å². The second-order valence-electron chi connectivity index (χ2n) is 8.64. The molecule has 0 aliphatic heterocycles. The van der Waals surface area contributed by atoms with Crippen LogP contribution >= 0.6 is 0 Å². The third kappa shape index (κ3) is 8.03. The summed E-state index contributed by atoms with van der Waals surface area (Å²) in [6.07, 6.45) is 1.92. The lowest BCUT2D eigenvalue weighted by molar-refractivity contribution is 0.302. The highest BCUT2D eigenvalue weighted by atomic mass is 16.5. The van der Waals surface area contributed by atoms with Crippen molar-refractivity contribution in [2.24, 2.45) is 16.2 Å². The zero-order valence-electron chi connectivity index (χ0n) is 18.9. The quantitative estimate of drug-likeness (QED) is 0.241. The molecular formula is C22H38N4O3. The largest absolute Gasteiger partial charge is 0.497 e. The first-order valence-corrected chi connectivity index (χ1v) is 10.1. The predicted octanol–water partition coefficient (Wildman–Crippen LogP) is 3.68. The molecular weight excluding hydrogens is 368 g/mol. The monoisotopic (exact) mass is 406 g/mol. The molecule has 164 valence electrons. The minimum absolute atomic E-state index is 0.327. The summed E-state index contributed by atoms with van der Waals surface area (Å²) in [6.45, 7) is 13.1. The predicted molar refractivity (Wildman–Crippen MR) is 119 cm³/mol. The highest BCUT2D eigenvalue weighted by molar-refractivity contribution is 5.90. The molecule has 0 radical (unpaired) electrons. The highest BCUT2D eigenvalue weighted by Gasteiger charge is 2.26. The first-order valence-electron chi connectivity index (χ1n) is 10.1. The summed E-state index contributed by atoms with van der Waals surface area (Å²) < 4.78 is 5.23. The first kappa shape index (κ1) is 24.9. The topological polar surface area (TPSA) is 98.5 Å². The number of hydrogen-bond acceptors (Lipinski definition) is 7. The maximum atomic E-state index is 9.12. The summed E-state index contributed by atoms with van der Waals surface area (Å²) in [7, 11) is 1.67. The van der Waals surface area contributed by atoms with Gasteiger partial charge in [-0.3, -0.25) is 0 Å². The van der Waals surface area contributed by atoms with Crippen molar-refractivity contribution in [1.29, 1.82) is 0 Å². The maximum absolute atomic E-state index is 9.12. The van der Waals surface area contributed by atoms with Gasteiger partial charge in [-0.05, 0) is 78.0 Å². The van der Waals surface area contributed by atoms with Crippen LogP contribution in [0.25, 0.3) is 0 Å². The standard InChI is InChI=1S/C22H38N4O3/c1-16(25-27)21(3,4)23-14-19(15-24-22(5,6)17(2)26-28)9-8-18-10-12-20(29-7)13-11-18/h10-13,19,23-24,27-28H,8-9,14-15H2,1-7H3/b25-16+,26-17+. The summed E-state index contributed by atoms with van der Waals surface area (Å²) in [5.41, 5.74) is 1.75. The van der Waals surface area contributed by atoms with Gasteiger partial charge in [0.15, 0.2) is 0 Å². The van der Waals surface area contributed by atoms with Crippen molar-refractivity contribution in [2.45, 2.75) is 65.5 Å². The van der Waals surface area contributed by atoms with E-state index in [0.717, 1.165) is 31.7 Å². The average Bonchev–Trinajstić information content (AvgIpc) is 2.71. The molecule has 0 saturated carbocycles. The van der Waals surface area contributed by atoms with Gasteiger partial charge in [-0.2, -0.15) is 0 Å². The van der Waals surface area contributed by atoms with Crippen molar-refractivity contribution in [1.82, 2.24) is 10.6 Å². The van der Waals surface area contributed by atoms with Crippen LogP contribution in [0.4, 0.5) is 0 Å². The van der Waals surface area contributed by atoms with E-state index in [4.69, 9.17) is 15.2 Å². The lowest BCUT2D eigenvalue weighted by Gasteiger charge is -2.31. The molecule has 0 fully saturated rings. The van der Waals surface area contributed by atoms with Crippen LogP contribution in [0.3, 0.4) is 0 Å². The normalized spacial score (nSPS) is 13.8.